The summed E-state index contributed by atoms with van der Waals surface area (Å²) in [6.07, 6.45) is 0.476. The van der Waals surface area contributed by atoms with Gasteiger partial charge in [0.15, 0.2) is 0 Å². The molecule has 0 radical (unpaired) electrons. The molecule has 1 aromatic carbocycles. The van der Waals surface area contributed by atoms with E-state index in [1.54, 1.807) is 20.1 Å². The first-order valence-electron chi connectivity index (χ1n) is 5.01. The Labute approximate surface area is 100.0 Å². The first-order valence-corrected chi connectivity index (χ1v) is 5.39. The molecular weight excluding hydrogens is 228 g/mol. The smallest absolute Gasteiger partial charge is 0.306 e. The summed E-state index contributed by atoms with van der Waals surface area (Å²) in [5.41, 5.74) is 1.82. The van der Waals surface area contributed by atoms with Gasteiger partial charge in [-0.25, -0.2) is 0 Å². The molecule has 4 heteroatoms. The third-order valence-electron chi connectivity index (χ3n) is 2.46. The Bertz CT molecular complexity index is 401. The molecule has 1 unspecified atom stereocenters. The predicted octanol–water partition coefficient (Wildman–Crippen LogP) is 2.92. The van der Waals surface area contributed by atoms with E-state index < -0.39 is 11.9 Å². The molecule has 3 nitrogen and oxygen atoms in total. The molecule has 1 rings (SSSR count). The van der Waals surface area contributed by atoms with Crippen LogP contribution in [0, 0.1) is 12.8 Å². The standard InChI is InChI=1S/C12H15ClO3/c1-7-4-9(5-8(2)12(14)15)6-10(16-3)11(7)13/h4,6,8H,5H2,1-3H3,(H,14,15). The Morgan fingerprint density at radius 1 is 1.56 bits per heavy atom. The lowest BCUT2D eigenvalue weighted by Gasteiger charge is -2.11. The second-order valence-electron chi connectivity index (χ2n) is 3.87. The molecular formula is C12H15ClO3. The zero-order valence-corrected chi connectivity index (χ0v) is 10.3. The molecule has 1 atom stereocenters. The van der Waals surface area contributed by atoms with Crippen LogP contribution in [0.5, 0.6) is 5.75 Å². The van der Waals surface area contributed by atoms with Crippen LogP contribution in [0.3, 0.4) is 0 Å². The van der Waals surface area contributed by atoms with Gasteiger partial charge in [0.25, 0.3) is 0 Å². The van der Waals surface area contributed by atoms with Crippen molar-refractivity contribution in [3.8, 4) is 5.75 Å². The first kappa shape index (κ1) is 12.8. The van der Waals surface area contributed by atoms with E-state index in [-0.39, 0.29) is 0 Å². The second kappa shape index (κ2) is 5.21. The van der Waals surface area contributed by atoms with E-state index in [2.05, 4.69) is 0 Å². The predicted molar refractivity (Wildman–Crippen MR) is 63.2 cm³/mol. The topological polar surface area (TPSA) is 46.5 Å². The Morgan fingerprint density at radius 2 is 2.19 bits per heavy atom. The number of rotatable bonds is 4. The van der Waals surface area contributed by atoms with Crippen LogP contribution in [0.15, 0.2) is 12.1 Å². The number of carbonyl (C=O) groups is 1. The Hall–Kier alpha value is -1.22. The highest BCUT2D eigenvalue weighted by Crippen LogP contribution is 2.30. The van der Waals surface area contributed by atoms with E-state index in [4.69, 9.17) is 21.4 Å². The van der Waals surface area contributed by atoms with Gasteiger partial charge in [0.05, 0.1) is 18.1 Å². The molecule has 0 heterocycles. The summed E-state index contributed by atoms with van der Waals surface area (Å²) in [6.45, 7) is 3.55. The molecule has 0 bridgehead atoms. The van der Waals surface area contributed by atoms with Crippen molar-refractivity contribution in [3.05, 3.63) is 28.3 Å². The lowest BCUT2D eigenvalue weighted by atomic mass is 9.99. The van der Waals surface area contributed by atoms with E-state index in [0.717, 1.165) is 11.1 Å². The minimum absolute atomic E-state index is 0.412. The highest BCUT2D eigenvalue weighted by molar-refractivity contribution is 6.32. The molecule has 0 aliphatic heterocycles. The second-order valence-corrected chi connectivity index (χ2v) is 4.25. The van der Waals surface area contributed by atoms with Crippen LogP contribution >= 0.6 is 11.6 Å². The van der Waals surface area contributed by atoms with Gasteiger partial charge in [0.2, 0.25) is 0 Å². The fourth-order valence-corrected chi connectivity index (χ4v) is 1.70. The summed E-state index contributed by atoms with van der Waals surface area (Å²) in [7, 11) is 1.55. The average Bonchev–Trinajstić information content (AvgIpc) is 2.22. The van der Waals surface area contributed by atoms with E-state index in [9.17, 15) is 4.79 Å². The summed E-state index contributed by atoms with van der Waals surface area (Å²) in [5.74, 6) is -0.619. The number of aliphatic carboxylic acids is 1. The molecule has 1 N–H and O–H groups in total. The number of halogens is 1. The summed E-state index contributed by atoms with van der Waals surface area (Å²) < 4.78 is 5.13. The van der Waals surface area contributed by atoms with Crippen molar-refractivity contribution < 1.29 is 14.6 Å². The van der Waals surface area contributed by atoms with E-state index in [0.29, 0.717) is 17.2 Å². The molecule has 0 fully saturated rings. The largest absolute Gasteiger partial charge is 0.495 e. The lowest BCUT2D eigenvalue weighted by Crippen LogP contribution is -2.12. The van der Waals surface area contributed by atoms with E-state index >= 15 is 0 Å². The lowest BCUT2D eigenvalue weighted by molar-refractivity contribution is -0.141. The molecule has 16 heavy (non-hydrogen) atoms. The van der Waals surface area contributed by atoms with Gasteiger partial charge >= 0.3 is 5.97 Å². The van der Waals surface area contributed by atoms with Crippen molar-refractivity contribution in [1.82, 2.24) is 0 Å². The Morgan fingerprint density at radius 3 is 2.69 bits per heavy atom. The van der Waals surface area contributed by atoms with Gasteiger partial charge < -0.3 is 9.84 Å². The summed E-state index contributed by atoms with van der Waals surface area (Å²) in [5, 5.41) is 9.41. The number of benzene rings is 1. The van der Waals surface area contributed by atoms with E-state index in [1.165, 1.54) is 0 Å². The molecule has 0 aromatic heterocycles. The Kier molecular flexibility index (Phi) is 4.19. The summed E-state index contributed by atoms with van der Waals surface area (Å²) in [6, 6.07) is 3.68. The van der Waals surface area contributed by atoms with Crippen molar-refractivity contribution in [2.24, 2.45) is 5.92 Å². The highest BCUT2D eigenvalue weighted by Gasteiger charge is 2.14. The Balaban J connectivity index is 2.98. The monoisotopic (exact) mass is 242 g/mol. The van der Waals surface area contributed by atoms with Gasteiger partial charge in [-0.05, 0) is 30.5 Å². The SMILES string of the molecule is COc1cc(CC(C)C(=O)O)cc(C)c1Cl. The minimum Gasteiger partial charge on any atom is -0.495 e. The van der Waals surface area contributed by atoms with Crippen molar-refractivity contribution in [1.29, 1.82) is 0 Å². The van der Waals surface area contributed by atoms with Gasteiger partial charge in [0.1, 0.15) is 5.75 Å². The van der Waals surface area contributed by atoms with Crippen LogP contribution in [-0.2, 0) is 11.2 Å². The third-order valence-corrected chi connectivity index (χ3v) is 2.95. The normalized spacial score (nSPS) is 12.2. The number of hydrogen-bond acceptors (Lipinski definition) is 2. The molecule has 0 aliphatic carbocycles. The van der Waals surface area contributed by atoms with Crippen LogP contribution in [0.1, 0.15) is 18.1 Å². The van der Waals surface area contributed by atoms with Crippen LogP contribution in [0.4, 0.5) is 0 Å². The number of ether oxygens (including phenoxy) is 1. The fourth-order valence-electron chi connectivity index (χ4n) is 1.52. The first-order chi connectivity index (χ1) is 7.45. The zero-order valence-electron chi connectivity index (χ0n) is 9.58. The average molecular weight is 243 g/mol. The molecule has 0 saturated carbocycles. The maximum Gasteiger partial charge on any atom is 0.306 e. The number of carboxylic acid groups (broad SMARTS) is 1. The summed E-state index contributed by atoms with van der Waals surface area (Å²) in [4.78, 5) is 10.8. The van der Waals surface area contributed by atoms with Crippen LogP contribution in [-0.4, -0.2) is 18.2 Å². The van der Waals surface area contributed by atoms with Crippen molar-refractivity contribution in [2.45, 2.75) is 20.3 Å². The maximum absolute atomic E-state index is 10.8. The van der Waals surface area contributed by atoms with Crippen molar-refractivity contribution in [3.63, 3.8) is 0 Å². The number of hydrogen-bond donors (Lipinski definition) is 1. The zero-order chi connectivity index (χ0) is 12.3. The van der Waals surface area contributed by atoms with Gasteiger partial charge in [0, 0.05) is 0 Å². The van der Waals surface area contributed by atoms with Crippen molar-refractivity contribution >= 4 is 17.6 Å². The van der Waals surface area contributed by atoms with Crippen molar-refractivity contribution in [2.75, 3.05) is 7.11 Å². The number of methoxy groups -OCH3 is 1. The number of aryl methyl sites for hydroxylation is 1. The molecule has 88 valence electrons. The van der Waals surface area contributed by atoms with Gasteiger partial charge in [-0.3, -0.25) is 4.79 Å². The highest BCUT2D eigenvalue weighted by atomic mass is 35.5. The van der Waals surface area contributed by atoms with Gasteiger partial charge in [-0.2, -0.15) is 0 Å². The number of carboxylic acids is 1. The van der Waals surface area contributed by atoms with Crippen LogP contribution in [0.2, 0.25) is 5.02 Å². The van der Waals surface area contributed by atoms with Gasteiger partial charge in [-0.1, -0.05) is 24.6 Å². The third kappa shape index (κ3) is 2.89. The molecule has 0 amide bonds. The van der Waals surface area contributed by atoms with Crippen LogP contribution in [0.25, 0.3) is 0 Å². The van der Waals surface area contributed by atoms with Crippen LogP contribution < -0.4 is 4.74 Å². The molecule has 0 aliphatic rings. The van der Waals surface area contributed by atoms with E-state index in [1.807, 2.05) is 13.0 Å². The maximum atomic E-state index is 10.8. The minimum atomic E-state index is -0.799. The molecule has 1 aromatic rings. The quantitative estimate of drug-likeness (QED) is 0.883. The molecule has 0 spiro atoms. The molecule has 0 saturated heterocycles. The summed E-state index contributed by atoms with van der Waals surface area (Å²) >= 11 is 6.02. The fraction of sp³-hybridized carbons (Fsp3) is 0.417. The van der Waals surface area contributed by atoms with Gasteiger partial charge in [-0.15, -0.1) is 0 Å².